The predicted molar refractivity (Wildman–Crippen MR) is 204 cm³/mol. The number of hydrogen-bond acceptors (Lipinski definition) is 5. The molecule has 5 aromatic carbocycles. The molecule has 0 saturated carbocycles. The molecule has 0 spiro atoms. The van der Waals surface area contributed by atoms with Crippen LogP contribution in [-0.4, -0.2) is 29.1 Å². The summed E-state index contributed by atoms with van der Waals surface area (Å²) in [5.74, 6) is 0. The summed E-state index contributed by atoms with van der Waals surface area (Å²) >= 11 is 0. The van der Waals surface area contributed by atoms with Gasteiger partial charge in [-0.05, 0) is 71.8 Å². The second kappa shape index (κ2) is 10.7. The van der Waals surface area contributed by atoms with Gasteiger partial charge in [0.2, 0.25) is 11.4 Å². The van der Waals surface area contributed by atoms with Gasteiger partial charge in [-0.1, -0.05) is 72.8 Å². The predicted octanol–water partition coefficient (Wildman–Crippen LogP) is 10.7. The topological polar surface area (TPSA) is 74.6 Å². The highest BCUT2D eigenvalue weighted by molar-refractivity contribution is 6.11. The minimum Gasteiger partial charge on any atom is -0.419 e. The van der Waals surface area contributed by atoms with Crippen molar-refractivity contribution in [1.29, 1.82) is 0 Å². The molecule has 0 amide bonds. The number of fused-ring (bicyclic) bond motifs is 9. The van der Waals surface area contributed by atoms with Crippen LogP contribution >= 0.6 is 0 Å². The lowest BCUT2D eigenvalue weighted by atomic mass is 10.0. The molecule has 238 valence electrons. The molecule has 0 bridgehead atoms. The van der Waals surface area contributed by atoms with Crippen molar-refractivity contribution >= 4 is 66.1 Å². The molecule has 11 rings (SSSR count). The number of aromatic nitrogens is 6. The van der Waals surface area contributed by atoms with Crippen molar-refractivity contribution < 1.29 is 4.42 Å². The molecule has 7 nitrogen and oxygen atoms in total. The summed E-state index contributed by atoms with van der Waals surface area (Å²) in [4.78, 5) is 19.0. The van der Waals surface area contributed by atoms with Gasteiger partial charge in [-0.3, -0.25) is 9.55 Å². The normalized spacial score (nSPS) is 11.9. The van der Waals surface area contributed by atoms with Crippen molar-refractivity contribution in [1.82, 2.24) is 29.1 Å². The summed E-state index contributed by atoms with van der Waals surface area (Å²) in [5, 5.41) is 5.33. The first-order valence-corrected chi connectivity index (χ1v) is 16.9. The average molecular weight is 655 g/mol. The van der Waals surface area contributed by atoms with Gasteiger partial charge in [-0.2, -0.15) is 0 Å². The minimum absolute atomic E-state index is 0.561. The lowest BCUT2D eigenvalue weighted by molar-refractivity contribution is 0.640. The molecule has 0 aliphatic carbocycles. The molecule has 0 saturated heterocycles. The third-order valence-corrected chi connectivity index (χ3v) is 9.94. The molecule has 0 atom stereocenters. The van der Waals surface area contributed by atoms with E-state index < -0.39 is 0 Å². The van der Waals surface area contributed by atoms with Crippen LogP contribution in [0.15, 0.2) is 163 Å². The van der Waals surface area contributed by atoms with Gasteiger partial charge in [0, 0.05) is 63.4 Å². The SMILES string of the molecule is c1ccc(-n2c3ccccc3c3ccc(-c4cnc5oc6ncc(-c7ccc8c9nccnc9n(-c9ccccc9)c8c7)cc6c5c4)cc32)cc1. The smallest absolute Gasteiger partial charge is 0.229 e. The summed E-state index contributed by atoms with van der Waals surface area (Å²) in [6, 6.07) is 46.8. The van der Waals surface area contributed by atoms with E-state index in [1.807, 2.05) is 30.6 Å². The number of pyridine rings is 2. The molecular weight excluding hydrogens is 629 g/mol. The Morgan fingerprint density at radius 1 is 0.392 bits per heavy atom. The Kier molecular flexibility index (Phi) is 5.83. The lowest BCUT2D eigenvalue weighted by Crippen LogP contribution is -1.95. The van der Waals surface area contributed by atoms with Crippen molar-refractivity contribution in [2.24, 2.45) is 0 Å². The van der Waals surface area contributed by atoms with Crippen LogP contribution in [0.1, 0.15) is 0 Å². The third-order valence-electron chi connectivity index (χ3n) is 9.94. The standard InChI is InChI=1S/C44H26N6O/c1-3-9-31(10-4-1)49-38-14-8-7-13-33(38)34-17-15-27(23-39(34)49)29-21-36-37-22-30(26-48-44(37)51-43(36)47-25-29)28-16-18-35-40(24-28)50(32-11-5-2-6-12-32)42-41(35)45-19-20-46-42/h1-26H. The largest absolute Gasteiger partial charge is 0.419 e. The van der Waals surface area contributed by atoms with E-state index >= 15 is 0 Å². The molecule has 0 radical (unpaired) electrons. The Bertz CT molecular complexity index is 2930. The van der Waals surface area contributed by atoms with Gasteiger partial charge in [0.25, 0.3) is 0 Å². The molecule has 7 heteroatoms. The van der Waals surface area contributed by atoms with E-state index in [-0.39, 0.29) is 0 Å². The number of para-hydroxylation sites is 3. The summed E-state index contributed by atoms with van der Waals surface area (Å²) < 4.78 is 10.7. The molecule has 6 aromatic heterocycles. The van der Waals surface area contributed by atoms with Crippen molar-refractivity contribution in [3.63, 3.8) is 0 Å². The van der Waals surface area contributed by atoms with E-state index in [1.165, 1.54) is 16.3 Å². The first-order chi connectivity index (χ1) is 25.3. The van der Waals surface area contributed by atoms with Crippen molar-refractivity contribution in [2.45, 2.75) is 0 Å². The number of benzene rings is 5. The van der Waals surface area contributed by atoms with Gasteiger partial charge in [-0.15, -0.1) is 0 Å². The van der Waals surface area contributed by atoms with Crippen LogP contribution in [0.25, 0.3) is 99.7 Å². The maximum absolute atomic E-state index is 6.16. The Morgan fingerprint density at radius 2 is 0.941 bits per heavy atom. The molecule has 0 N–H and O–H groups in total. The molecule has 11 aromatic rings. The zero-order valence-corrected chi connectivity index (χ0v) is 27.1. The fourth-order valence-corrected chi connectivity index (χ4v) is 7.60. The summed E-state index contributed by atoms with van der Waals surface area (Å²) in [7, 11) is 0. The van der Waals surface area contributed by atoms with Crippen LogP contribution in [0.4, 0.5) is 0 Å². The van der Waals surface area contributed by atoms with E-state index in [4.69, 9.17) is 24.4 Å². The van der Waals surface area contributed by atoms with Gasteiger partial charge in [-0.25, -0.2) is 15.0 Å². The molecule has 0 fully saturated rings. The van der Waals surface area contributed by atoms with Crippen molar-refractivity contribution in [3.05, 3.63) is 158 Å². The number of furan rings is 1. The fraction of sp³-hybridized carbons (Fsp3) is 0. The highest BCUT2D eigenvalue weighted by Gasteiger charge is 2.18. The molecule has 6 heterocycles. The van der Waals surface area contributed by atoms with Crippen LogP contribution in [0.3, 0.4) is 0 Å². The summed E-state index contributed by atoms with van der Waals surface area (Å²) in [6.07, 6.45) is 7.25. The zero-order chi connectivity index (χ0) is 33.5. The number of nitrogens with zero attached hydrogens (tertiary/aromatic N) is 6. The van der Waals surface area contributed by atoms with Crippen LogP contribution in [0.5, 0.6) is 0 Å². The Labute approximate surface area is 290 Å². The number of hydrogen-bond donors (Lipinski definition) is 0. The van der Waals surface area contributed by atoms with E-state index in [0.29, 0.717) is 11.4 Å². The molecular formula is C44H26N6O. The van der Waals surface area contributed by atoms with E-state index in [0.717, 1.165) is 72.0 Å². The van der Waals surface area contributed by atoms with Gasteiger partial charge in [0.15, 0.2) is 5.65 Å². The van der Waals surface area contributed by atoms with Crippen LogP contribution in [0.2, 0.25) is 0 Å². The van der Waals surface area contributed by atoms with E-state index in [9.17, 15) is 0 Å². The van der Waals surface area contributed by atoms with Crippen LogP contribution in [0, 0.1) is 0 Å². The second-order valence-corrected chi connectivity index (χ2v) is 12.8. The molecule has 0 aliphatic rings. The zero-order valence-electron chi connectivity index (χ0n) is 27.1. The van der Waals surface area contributed by atoms with Crippen LogP contribution < -0.4 is 0 Å². The quantitative estimate of drug-likeness (QED) is 0.189. The molecule has 0 unspecified atom stereocenters. The fourth-order valence-electron chi connectivity index (χ4n) is 7.60. The first kappa shape index (κ1) is 27.8. The van der Waals surface area contributed by atoms with Crippen molar-refractivity contribution in [2.75, 3.05) is 0 Å². The summed E-state index contributed by atoms with van der Waals surface area (Å²) in [5.41, 5.74) is 12.5. The van der Waals surface area contributed by atoms with Crippen molar-refractivity contribution in [3.8, 4) is 33.6 Å². The van der Waals surface area contributed by atoms with Gasteiger partial charge in [0.05, 0.1) is 27.3 Å². The Hall–Kier alpha value is -7.12. The number of rotatable bonds is 4. The monoisotopic (exact) mass is 654 g/mol. The van der Waals surface area contributed by atoms with Gasteiger partial charge >= 0.3 is 0 Å². The van der Waals surface area contributed by atoms with Crippen LogP contribution in [-0.2, 0) is 0 Å². The third kappa shape index (κ3) is 4.18. The Morgan fingerprint density at radius 3 is 1.63 bits per heavy atom. The van der Waals surface area contributed by atoms with Gasteiger partial charge in [0.1, 0.15) is 5.52 Å². The molecule has 51 heavy (non-hydrogen) atoms. The average Bonchev–Trinajstić information content (AvgIpc) is 3.85. The summed E-state index contributed by atoms with van der Waals surface area (Å²) in [6.45, 7) is 0. The maximum Gasteiger partial charge on any atom is 0.229 e. The van der Waals surface area contributed by atoms with E-state index in [1.54, 1.807) is 12.4 Å². The Balaban J connectivity index is 1.07. The highest BCUT2D eigenvalue weighted by Crippen LogP contribution is 2.38. The molecule has 0 aliphatic heterocycles. The first-order valence-electron chi connectivity index (χ1n) is 16.9. The minimum atomic E-state index is 0.561. The van der Waals surface area contributed by atoms with E-state index in [2.05, 4.69) is 124 Å². The lowest BCUT2D eigenvalue weighted by Gasteiger charge is -2.09. The second-order valence-electron chi connectivity index (χ2n) is 12.8. The van der Waals surface area contributed by atoms with Gasteiger partial charge < -0.3 is 8.98 Å². The maximum atomic E-state index is 6.16. The highest BCUT2D eigenvalue weighted by atomic mass is 16.3.